The molecular weight excluding hydrogens is 160 g/mol. The Kier molecular flexibility index (Phi) is 1.72. The molecule has 0 unspecified atom stereocenters. The van der Waals surface area contributed by atoms with E-state index in [2.05, 4.69) is 36.8 Å². The number of hydrogen-bond acceptors (Lipinski definition) is 2. The first-order chi connectivity index (χ1) is 6.09. The van der Waals surface area contributed by atoms with Crippen LogP contribution in [0.4, 0.5) is 5.69 Å². The predicted molar refractivity (Wildman–Crippen MR) is 54.8 cm³/mol. The van der Waals surface area contributed by atoms with Gasteiger partial charge in [0.15, 0.2) is 0 Å². The van der Waals surface area contributed by atoms with Crippen LogP contribution in [0.5, 0.6) is 0 Å². The van der Waals surface area contributed by atoms with Crippen LogP contribution >= 0.6 is 0 Å². The van der Waals surface area contributed by atoms with Gasteiger partial charge in [0, 0.05) is 24.2 Å². The molecule has 1 aliphatic rings. The van der Waals surface area contributed by atoms with E-state index in [9.17, 15) is 0 Å². The normalized spacial score (nSPS) is 14.7. The molecule has 2 heterocycles. The van der Waals surface area contributed by atoms with Crippen molar-refractivity contribution in [2.45, 2.75) is 32.6 Å². The van der Waals surface area contributed by atoms with Gasteiger partial charge < -0.3 is 0 Å². The summed E-state index contributed by atoms with van der Waals surface area (Å²) in [7, 11) is 0. The minimum Gasteiger partial charge on any atom is -0.259 e. The summed E-state index contributed by atoms with van der Waals surface area (Å²) in [5.41, 5.74) is 3.60. The molecule has 2 heteroatoms. The van der Waals surface area contributed by atoms with Crippen LogP contribution in [-0.2, 0) is 11.8 Å². The van der Waals surface area contributed by atoms with Crippen molar-refractivity contribution in [2.24, 2.45) is 4.99 Å². The van der Waals surface area contributed by atoms with Crippen molar-refractivity contribution in [1.82, 2.24) is 4.98 Å². The molecular formula is C11H14N2. The Morgan fingerprint density at radius 1 is 1.31 bits per heavy atom. The number of nitrogens with zero attached hydrogens (tertiary/aromatic N) is 2. The van der Waals surface area contributed by atoms with E-state index in [0.717, 1.165) is 17.8 Å². The molecule has 0 N–H and O–H groups in total. The Hall–Kier alpha value is -1.18. The monoisotopic (exact) mass is 174 g/mol. The highest BCUT2D eigenvalue weighted by Crippen LogP contribution is 2.34. The van der Waals surface area contributed by atoms with Gasteiger partial charge in [0.1, 0.15) is 0 Å². The molecule has 0 bridgehead atoms. The summed E-state index contributed by atoms with van der Waals surface area (Å²) in [6.45, 7) is 6.51. The average molecular weight is 174 g/mol. The van der Waals surface area contributed by atoms with Crippen LogP contribution in [0.15, 0.2) is 17.3 Å². The van der Waals surface area contributed by atoms with Crippen molar-refractivity contribution in [1.29, 1.82) is 0 Å². The molecule has 0 atom stereocenters. The summed E-state index contributed by atoms with van der Waals surface area (Å²) in [4.78, 5) is 8.79. The summed E-state index contributed by atoms with van der Waals surface area (Å²) in [5.74, 6) is 0. The maximum absolute atomic E-state index is 4.41. The third kappa shape index (κ3) is 1.37. The molecule has 0 saturated heterocycles. The van der Waals surface area contributed by atoms with Gasteiger partial charge in [-0.05, 0) is 11.6 Å². The zero-order valence-electron chi connectivity index (χ0n) is 8.33. The molecule has 0 radical (unpaired) electrons. The van der Waals surface area contributed by atoms with Crippen molar-refractivity contribution in [2.75, 3.05) is 0 Å². The molecule has 2 nitrogen and oxygen atoms in total. The zero-order chi connectivity index (χ0) is 9.47. The largest absolute Gasteiger partial charge is 0.259 e. The van der Waals surface area contributed by atoms with Crippen molar-refractivity contribution in [3.63, 3.8) is 0 Å². The van der Waals surface area contributed by atoms with Crippen molar-refractivity contribution < 1.29 is 0 Å². The third-order valence-electron chi connectivity index (χ3n) is 2.25. The molecule has 1 aromatic rings. The standard InChI is InChI=1S/C11H14N2/c1-11(2,3)10-9-8(4-6-12-9)5-7-13-10/h5-7H,4H2,1-3H3. The fourth-order valence-electron chi connectivity index (χ4n) is 1.59. The van der Waals surface area contributed by atoms with E-state index in [1.54, 1.807) is 0 Å². The SMILES string of the molecule is CC(C)(C)c1nccc2c1N=CC2. The van der Waals surface area contributed by atoms with Crippen molar-refractivity contribution in [3.05, 3.63) is 23.5 Å². The smallest absolute Gasteiger partial charge is 0.0882 e. The lowest BCUT2D eigenvalue weighted by Crippen LogP contribution is -2.13. The number of aliphatic imine (C=N–C) groups is 1. The van der Waals surface area contributed by atoms with E-state index >= 15 is 0 Å². The fraction of sp³-hybridized carbons (Fsp3) is 0.455. The highest BCUT2D eigenvalue weighted by molar-refractivity contribution is 5.77. The average Bonchev–Trinajstić information content (AvgIpc) is 2.48. The van der Waals surface area contributed by atoms with Crippen LogP contribution in [0.25, 0.3) is 0 Å². The summed E-state index contributed by atoms with van der Waals surface area (Å²) in [5, 5.41) is 0. The first-order valence-corrected chi connectivity index (χ1v) is 4.60. The van der Waals surface area contributed by atoms with Gasteiger partial charge in [-0.1, -0.05) is 20.8 Å². The molecule has 1 aliphatic heterocycles. The minimum atomic E-state index is 0.0903. The number of hydrogen-bond donors (Lipinski definition) is 0. The second-order valence-corrected chi connectivity index (χ2v) is 4.43. The molecule has 0 fully saturated rings. The lowest BCUT2D eigenvalue weighted by Gasteiger charge is -2.19. The number of fused-ring (bicyclic) bond motifs is 1. The van der Waals surface area contributed by atoms with Crippen molar-refractivity contribution in [3.8, 4) is 0 Å². The van der Waals surface area contributed by atoms with Crippen molar-refractivity contribution >= 4 is 11.9 Å². The first-order valence-electron chi connectivity index (χ1n) is 4.60. The van der Waals surface area contributed by atoms with Crippen LogP contribution < -0.4 is 0 Å². The van der Waals surface area contributed by atoms with Crippen LogP contribution in [0, 0.1) is 0 Å². The maximum atomic E-state index is 4.41. The molecule has 13 heavy (non-hydrogen) atoms. The van der Waals surface area contributed by atoms with Gasteiger partial charge in [-0.3, -0.25) is 9.98 Å². The molecule has 0 spiro atoms. The van der Waals surface area contributed by atoms with E-state index in [4.69, 9.17) is 0 Å². The van der Waals surface area contributed by atoms with Gasteiger partial charge in [0.2, 0.25) is 0 Å². The van der Waals surface area contributed by atoms with E-state index in [1.807, 2.05) is 12.4 Å². The maximum Gasteiger partial charge on any atom is 0.0882 e. The Bertz CT molecular complexity index is 359. The Balaban J connectivity index is 2.59. The number of pyridine rings is 1. The van der Waals surface area contributed by atoms with E-state index < -0.39 is 0 Å². The van der Waals surface area contributed by atoms with Gasteiger partial charge in [-0.2, -0.15) is 0 Å². The number of aromatic nitrogens is 1. The highest BCUT2D eigenvalue weighted by Gasteiger charge is 2.22. The topological polar surface area (TPSA) is 25.2 Å². The molecule has 1 aromatic heterocycles. The molecule has 0 saturated carbocycles. The van der Waals surface area contributed by atoms with Gasteiger partial charge in [0.05, 0.1) is 11.4 Å². The lowest BCUT2D eigenvalue weighted by molar-refractivity contribution is 0.570. The number of rotatable bonds is 0. The summed E-state index contributed by atoms with van der Waals surface area (Å²) >= 11 is 0. The second kappa shape index (κ2) is 2.66. The summed E-state index contributed by atoms with van der Waals surface area (Å²) < 4.78 is 0. The summed E-state index contributed by atoms with van der Waals surface area (Å²) in [6, 6.07) is 2.05. The van der Waals surface area contributed by atoms with Crippen LogP contribution in [-0.4, -0.2) is 11.2 Å². The second-order valence-electron chi connectivity index (χ2n) is 4.43. The highest BCUT2D eigenvalue weighted by atomic mass is 14.8. The van der Waals surface area contributed by atoms with E-state index in [-0.39, 0.29) is 5.41 Å². The Morgan fingerprint density at radius 2 is 2.08 bits per heavy atom. The quantitative estimate of drug-likeness (QED) is 0.593. The van der Waals surface area contributed by atoms with E-state index in [1.165, 1.54) is 5.56 Å². The third-order valence-corrected chi connectivity index (χ3v) is 2.25. The lowest BCUT2D eigenvalue weighted by atomic mass is 9.89. The molecule has 2 rings (SSSR count). The van der Waals surface area contributed by atoms with Crippen LogP contribution in [0.2, 0.25) is 0 Å². The Morgan fingerprint density at radius 3 is 2.77 bits per heavy atom. The van der Waals surface area contributed by atoms with Gasteiger partial charge in [-0.15, -0.1) is 0 Å². The Labute approximate surface area is 78.7 Å². The van der Waals surface area contributed by atoms with Crippen LogP contribution in [0.3, 0.4) is 0 Å². The van der Waals surface area contributed by atoms with Gasteiger partial charge in [0.25, 0.3) is 0 Å². The first kappa shape index (κ1) is 8.42. The fourth-order valence-corrected chi connectivity index (χ4v) is 1.59. The van der Waals surface area contributed by atoms with Crippen LogP contribution in [0.1, 0.15) is 32.0 Å². The molecule has 0 amide bonds. The minimum absolute atomic E-state index is 0.0903. The molecule has 68 valence electrons. The zero-order valence-corrected chi connectivity index (χ0v) is 8.33. The molecule has 0 aromatic carbocycles. The van der Waals surface area contributed by atoms with Gasteiger partial charge in [-0.25, -0.2) is 0 Å². The van der Waals surface area contributed by atoms with Gasteiger partial charge >= 0.3 is 0 Å². The molecule has 0 aliphatic carbocycles. The predicted octanol–water partition coefficient (Wildman–Crippen LogP) is 2.64. The van der Waals surface area contributed by atoms with E-state index in [0.29, 0.717) is 0 Å². The summed E-state index contributed by atoms with van der Waals surface area (Å²) in [6.07, 6.45) is 4.80.